The average molecular weight is 330 g/mol. The van der Waals surface area contributed by atoms with Crippen molar-refractivity contribution in [2.45, 2.75) is 37.6 Å². The Labute approximate surface area is 130 Å². The minimum absolute atomic E-state index is 0.220. The number of aliphatic hydroxyl groups is 4. The molecule has 0 aromatic heterocycles. The number of benzene rings is 1. The topological polar surface area (TPSA) is 157 Å². The molecule has 1 aliphatic rings. The maximum absolute atomic E-state index is 11.3. The molecule has 6 N–H and O–H groups in total. The smallest absolute Gasteiger partial charge is 0.339 e. The molecular formula is C14H18O9. The van der Waals surface area contributed by atoms with Gasteiger partial charge in [0.1, 0.15) is 41.5 Å². The highest BCUT2D eigenvalue weighted by atomic mass is 16.7. The zero-order valence-corrected chi connectivity index (χ0v) is 12.2. The van der Waals surface area contributed by atoms with Gasteiger partial charge in [-0.3, -0.25) is 0 Å². The Morgan fingerprint density at radius 3 is 2.43 bits per heavy atom. The van der Waals surface area contributed by atoms with E-state index in [1.54, 1.807) is 0 Å². The molecule has 1 aromatic rings. The number of carbonyl (C=O) groups is 1. The van der Waals surface area contributed by atoms with Crippen molar-refractivity contribution >= 4 is 5.97 Å². The Bertz CT molecular complexity index is 586. The fraction of sp³-hybridized carbons (Fsp3) is 0.500. The van der Waals surface area contributed by atoms with Crippen LogP contribution in [0.4, 0.5) is 0 Å². The molecule has 0 aliphatic carbocycles. The monoisotopic (exact) mass is 330 g/mol. The van der Waals surface area contributed by atoms with Crippen LogP contribution in [0, 0.1) is 6.92 Å². The number of ether oxygens (including phenoxy) is 2. The third-order valence-corrected chi connectivity index (χ3v) is 3.59. The zero-order valence-electron chi connectivity index (χ0n) is 12.2. The van der Waals surface area contributed by atoms with Gasteiger partial charge in [0, 0.05) is 6.07 Å². The normalized spacial score (nSPS) is 30.9. The number of carboxylic acid groups (broad SMARTS) is 1. The van der Waals surface area contributed by atoms with E-state index in [9.17, 15) is 30.3 Å². The third kappa shape index (κ3) is 3.38. The Balaban J connectivity index is 2.33. The van der Waals surface area contributed by atoms with Crippen LogP contribution in [-0.2, 0) is 4.74 Å². The quantitative estimate of drug-likeness (QED) is 0.390. The largest absolute Gasteiger partial charge is 0.508 e. The van der Waals surface area contributed by atoms with Crippen molar-refractivity contribution in [3.8, 4) is 11.5 Å². The number of phenolic OH excluding ortho intramolecular Hbond substituents is 1. The summed E-state index contributed by atoms with van der Waals surface area (Å²) < 4.78 is 10.4. The van der Waals surface area contributed by atoms with Crippen LogP contribution in [0.1, 0.15) is 15.9 Å². The van der Waals surface area contributed by atoms with Crippen molar-refractivity contribution in [1.29, 1.82) is 0 Å². The summed E-state index contributed by atoms with van der Waals surface area (Å²) in [6.07, 6.45) is -7.62. The minimum atomic E-state index is -1.68. The van der Waals surface area contributed by atoms with E-state index >= 15 is 0 Å². The molecule has 1 aliphatic heterocycles. The molecule has 1 saturated heterocycles. The molecule has 5 atom stereocenters. The molecule has 1 aromatic carbocycles. The fourth-order valence-corrected chi connectivity index (χ4v) is 2.39. The van der Waals surface area contributed by atoms with E-state index in [2.05, 4.69) is 0 Å². The van der Waals surface area contributed by atoms with Crippen LogP contribution < -0.4 is 4.74 Å². The highest BCUT2D eigenvalue weighted by molar-refractivity contribution is 5.93. The third-order valence-electron chi connectivity index (χ3n) is 3.59. The van der Waals surface area contributed by atoms with Gasteiger partial charge in [0.15, 0.2) is 0 Å². The van der Waals surface area contributed by atoms with Crippen LogP contribution in [0.3, 0.4) is 0 Å². The Hall–Kier alpha value is -1.91. The molecule has 9 nitrogen and oxygen atoms in total. The van der Waals surface area contributed by atoms with Crippen molar-refractivity contribution < 1.29 is 44.9 Å². The summed E-state index contributed by atoms with van der Waals surface area (Å²) in [5.74, 6) is -1.85. The van der Waals surface area contributed by atoms with Gasteiger partial charge in [-0.25, -0.2) is 4.79 Å². The number of carboxylic acids is 1. The van der Waals surface area contributed by atoms with Crippen molar-refractivity contribution in [3.05, 3.63) is 23.3 Å². The van der Waals surface area contributed by atoms with E-state index in [-0.39, 0.29) is 22.6 Å². The van der Waals surface area contributed by atoms with Crippen molar-refractivity contribution in [2.75, 3.05) is 6.61 Å². The number of aromatic carboxylic acids is 1. The number of hydrogen-bond donors (Lipinski definition) is 6. The standard InChI is InChI=1S/C14H18O9/c1-5-2-6(16)3-7(9(5)13(20)21)22-14-12(19)11(18)10(17)8(4-15)23-14/h2-3,8,10-12,14-19H,4H2,1H3,(H,20,21)/t8-,10-,11+,12-,14-/m1/s1. The summed E-state index contributed by atoms with van der Waals surface area (Å²) in [4.78, 5) is 11.3. The number of aliphatic hydroxyl groups excluding tert-OH is 4. The number of hydrogen-bond acceptors (Lipinski definition) is 8. The van der Waals surface area contributed by atoms with Gasteiger partial charge >= 0.3 is 5.97 Å². The van der Waals surface area contributed by atoms with E-state index < -0.39 is 43.3 Å². The number of aryl methyl sites for hydroxylation is 1. The van der Waals surface area contributed by atoms with Crippen LogP contribution in [0.5, 0.6) is 11.5 Å². The first kappa shape index (κ1) is 17.4. The van der Waals surface area contributed by atoms with Gasteiger partial charge in [-0.15, -0.1) is 0 Å². The molecule has 9 heteroatoms. The Morgan fingerprint density at radius 2 is 1.87 bits per heavy atom. The Morgan fingerprint density at radius 1 is 1.22 bits per heavy atom. The number of aromatic hydroxyl groups is 1. The van der Waals surface area contributed by atoms with Crippen molar-refractivity contribution in [3.63, 3.8) is 0 Å². The van der Waals surface area contributed by atoms with Crippen molar-refractivity contribution in [2.24, 2.45) is 0 Å². The first-order valence-corrected chi connectivity index (χ1v) is 6.80. The number of rotatable bonds is 4. The van der Waals surface area contributed by atoms with E-state index in [0.29, 0.717) is 0 Å². The lowest BCUT2D eigenvalue weighted by Crippen LogP contribution is -2.60. The first-order chi connectivity index (χ1) is 10.8. The van der Waals surface area contributed by atoms with Gasteiger partial charge < -0.3 is 40.1 Å². The lowest BCUT2D eigenvalue weighted by molar-refractivity contribution is -0.277. The van der Waals surface area contributed by atoms with Gasteiger partial charge in [0.2, 0.25) is 6.29 Å². The molecule has 0 amide bonds. The SMILES string of the molecule is Cc1cc(O)cc(O[C@@H]2O[C@H](CO)[C@@H](O)[C@H](O)[C@H]2O)c1C(=O)O. The molecule has 0 spiro atoms. The fourth-order valence-electron chi connectivity index (χ4n) is 2.39. The summed E-state index contributed by atoms with van der Waals surface area (Å²) in [6, 6.07) is 2.25. The lowest BCUT2D eigenvalue weighted by Gasteiger charge is -2.39. The highest BCUT2D eigenvalue weighted by Crippen LogP contribution is 2.31. The first-order valence-electron chi connectivity index (χ1n) is 6.80. The summed E-state index contributed by atoms with van der Waals surface area (Å²) in [6.45, 7) is 0.805. The molecule has 0 unspecified atom stereocenters. The lowest BCUT2D eigenvalue weighted by atomic mass is 9.99. The van der Waals surface area contributed by atoms with E-state index in [1.807, 2.05) is 0 Å². The molecular weight excluding hydrogens is 312 g/mol. The molecule has 0 saturated carbocycles. The molecule has 1 heterocycles. The van der Waals surface area contributed by atoms with Gasteiger partial charge in [-0.2, -0.15) is 0 Å². The summed E-state index contributed by atoms with van der Waals surface area (Å²) in [7, 11) is 0. The maximum Gasteiger partial charge on any atom is 0.339 e. The molecule has 128 valence electrons. The van der Waals surface area contributed by atoms with Crippen LogP contribution in [0.2, 0.25) is 0 Å². The van der Waals surface area contributed by atoms with E-state index in [4.69, 9.17) is 14.6 Å². The van der Waals surface area contributed by atoms with Gasteiger partial charge in [-0.05, 0) is 18.6 Å². The summed E-state index contributed by atoms with van der Waals surface area (Å²) in [5, 5.41) is 57.2. The molecule has 0 bridgehead atoms. The average Bonchev–Trinajstić information content (AvgIpc) is 2.46. The molecule has 0 radical (unpaired) electrons. The van der Waals surface area contributed by atoms with Crippen LogP contribution in [0.25, 0.3) is 0 Å². The molecule has 23 heavy (non-hydrogen) atoms. The summed E-state index contributed by atoms with van der Waals surface area (Å²) in [5.41, 5.74) is -0.0307. The van der Waals surface area contributed by atoms with E-state index in [0.717, 1.165) is 6.07 Å². The molecule has 1 fully saturated rings. The molecule has 2 rings (SSSR count). The van der Waals surface area contributed by atoms with E-state index in [1.165, 1.54) is 13.0 Å². The van der Waals surface area contributed by atoms with Gasteiger partial charge in [0.05, 0.1) is 6.61 Å². The van der Waals surface area contributed by atoms with Crippen molar-refractivity contribution in [1.82, 2.24) is 0 Å². The number of phenols is 1. The van der Waals surface area contributed by atoms with Gasteiger partial charge in [-0.1, -0.05) is 0 Å². The highest BCUT2D eigenvalue weighted by Gasteiger charge is 2.45. The maximum atomic E-state index is 11.3. The second-order valence-corrected chi connectivity index (χ2v) is 5.26. The predicted octanol–water partition coefficient (Wildman–Crippen LogP) is -1.42. The van der Waals surface area contributed by atoms with Crippen LogP contribution in [0.15, 0.2) is 12.1 Å². The second kappa shape index (κ2) is 6.69. The van der Waals surface area contributed by atoms with Crippen LogP contribution in [-0.4, -0.2) is 73.9 Å². The summed E-state index contributed by atoms with van der Waals surface area (Å²) >= 11 is 0. The second-order valence-electron chi connectivity index (χ2n) is 5.26. The Kier molecular flexibility index (Phi) is 5.07. The zero-order chi connectivity index (χ0) is 17.3. The van der Waals surface area contributed by atoms with Crippen LogP contribution >= 0.6 is 0 Å². The van der Waals surface area contributed by atoms with Gasteiger partial charge in [0.25, 0.3) is 0 Å². The predicted molar refractivity (Wildman–Crippen MR) is 74.2 cm³/mol. The minimum Gasteiger partial charge on any atom is -0.508 e.